The standard InChI is InChI=1S/C25H17Br2ClN2O4S/c1-30-23(31)21(35-25(30)29-18-4-2-3-16(12-18)24(32)33)11-15-9-19(26)22(20(27)10-15)34-13-14-5-7-17(28)8-6-14/h2-12H,13H2,1H3,(H,32,33). The Labute approximate surface area is 227 Å². The Bertz CT molecular complexity index is 1350. The molecule has 0 spiro atoms. The molecule has 0 bridgehead atoms. The van der Waals surface area contributed by atoms with Crippen LogP contribution in [0.5, 0.6) is 5.75 Å². The minimum Gasteiger partial charge on any atom is -0.487 e. The summed E-state index contributed by atoms with van der Waals surface area (Å²) in [5.41, 5.74) is 2.37. The van der Waals surface area contributed by atoms with Crippen LogP contribution in [0.1, 0.15) is 21.5 Å². The molecule has 0 aliphatic carbocycles. The van der Waals surface area contributed by atoms with Gasteiger partial charge in [-0.1, -0.05) is 29.8 Å². The first kappa shape index (κ1) is 25.5. The summed E-state index contributed by atoms with van der Waals surface area (Å²) in [5.74, 6) is -0.587. The molecule has 0 atom stereocenters. The van der Waals surface area contributed by atoms with Gasteiger partial charge in [0, 0.05) is 12.1 Å². The molecule has 0 saturated carbocycles. The molecular weight excluding hydrogens is 620 g/mol. The summed E-state index contributed by atoms with van der Waals surface area (Å²) >= 11 is 14.3. The zero-order valence-corrected chi connectivity index (χ0v) is 22.9. The number of carbonyl (C=O) groups is 2. The molecule has 0 aromatic heterocycles. The molecule has 178 valence electrons. The molecule has 1 heterocycles. The van der Waals surface area contributed by atoms with Gasteiger partial charge >= 0.3 is 5.97 Å². The molecule has 1 aliphatic heterocycles. The monoisotopic (exact) mass is 634 g/mol. The summed E-state index contributed by atoms with van der Waals surface area (Å²) < 4.78 is 7.43. The smallest absolute Gasteiger partial charge is 0.335 e. The van der Waals surface area contributed by atoms with E-state index in [0.717, 1.165) is 20.1 Å². The summed E-state index contributed by atoms with van der Waals surface area (Å²) in [6.07, 6.45) is 1.78. The number of halogens is 3. The maximum Gasteiger partial charge on any atom is 0.335 e. The third-order valence-corrected chi connectivity index (χ3v) is 7.43. The first-order chi connectivity index (χ1) is 16.7. The number of hydrogen-bond donors (Lipinski definition) is 1. The first-order valence-corrected chi connectivity index (χ1v) is 13.0. The number of carbonyl (C=O) groups excluding carboxylic acids is 1. The maximum absolute atomic E-state index is 12.8. The molecule has 1 N–H and O–H groups in total. The van der Waals surface area contributed by atoms with E-state index in [2.05, 4.69) is 36.9 Å². The lowest BCUT2D eigenvalue weighted by molar-refractivity contribution is -0.121. The molecule has 1 aliphatic rings. The number of hydrogen-bond acceptors (Lipinski definition) is 5. The van der Waals surface area contributed by atoms with E-state index in [0.29, 0.717) is 33.1 Å². The SMILES string of the molecule is CN1C(=O)C(=Cc2cc(Br)c(OCc3ccc(Cl)cc3)c(Br)c2)SC1=Nc1cccc(C(=O)O)c1. The van der Waals surface area contributed by atoms with E-state index in [4.69, 9.17) is 16.3 Å². The molecular formula is C25H17Br2ClN2O4S. The number of amides is 1. The van der Waals surface area contributed by atoms with Crippen molar-refractivity contribution in [1.82, 2.24) is 4.90 Å². The average molecular weight is 637 g/mol. The number of thioether (sulfide) groups is 1. The van der Waals surface area contributed by atoms with Gasteiger partial charge in [-0.2, -0.15) is 0 Å². The second kappa shape index (κ2) is 11.0. The summed E-state index contributed by atoms with van der Waals surface area (Å²) in [5, 5.41) is 10.3. The second-order valence-corrected chi connectivity index (χ2v) is 10.6. The lowest BCUT2D eigenvalue weighted by Crippen LogP contribution is -2.23. The molecule has 3 aromatic rings. The van der Waals surface area contributed by atoms with E-state index < -0.39 is 5.97 Å². The van der Waals surface area contributed by atoms with E-state index >= 15 is 0 Å². The third-order valence-electron chi connectivity index (χ3n) is 4.94. The van der Waals surface area contributed by atoms with Crippen LogP contribution in [0, 0.1) is 0 Å². The van der Waals surface area contributed by atoms with Gasteiger partial charge in [0.15, 0.2) is 5.17 Å². The van der Waals surface area contributed by atoms with Crippen LogP contribution in [-0.2, 0) is 11.4 Å². The first-order valence-electron chi connectivity index (χ1n) is 10.2. The minimum absolute atomic E-state index is 0.132. The molecule has 1 fully saturated rings. The van der Waals surface area contributed by atoms with Crippen molar-refractivity contribution in [3.63, 3.8) is 0 Å². The summed E-state index contributed by atoms with van der Waals surface area (Å²) in [7, 11) is 1.63. The number of aliphatic imine (C=N–C) groups is 1. The molecule has 0 radical (unpaired) electrons. The van der Waals surface area contributed by atoms with Gasteiger partial charge in [-0.3, -0.25) is 9.69 Å². The zero-order chi connectivity index (χ0) is 25.1. The predicted octanol–water partition coefficient (Wildman–Crippen LogP) is 7.38. The van der Waals surface area contributed by atoms with E-state index in [-0.39, 0.29) is 11.5 Å². The van der Waals surface area contributed by atoms with Crippen molar-refractivity contribution in [1.29, 1.82) is 0 Å². The van der Waals surface area contributed by atoms with Crippen molar-refractivity contribution in [2.75, 3.05) is 7.05 Å². The fourth-order valence-corrected chi connectivity index (χ4v) is 5.72. The Balaban J connectivity index is 1.54. The van der Waals surface area contributed by atoms with Gasteiger partial charge in [0.1, 0.15) is 12.4 Å². The Kier molecular flexibility index (Phi) is 8.01. The summed E-state index contributed by atoms with van der Waals surface area (Å²) in [4.78, 5) is 30.4. The van der Waals surface area contributed by atoms with Crippen LogP contribution in [-0.4, -0.2) is 34.1 Å². The third kappa shape index (κ3) is 6.16. The van der Waals surface area contributed by atoms with Gasteiger partial charge in [0.25, 0.3) is 5.91 Å². The molecule has 1 amide bonds. The highest BCUT2D eigenvalue weighted by Crippen LogP contribution is 2.38. The molecule has 35 heavy (non-hydrogen) atoms. The van der Waals surface area contributed by atoms with E-state index in [1.807, 2.05) is 36.4 Å². The summed E-state index contributed by atoms with van der Waals surface area (Å²) in [6.45, 7) is 0.372. The van der Waals surface area contributed by atoms with Crippen LogP contribution in [0.3, 0.4) is 0 Å². The van der Waals surface area contributed by atoms with Crippen molar-refractivity contribution >= 4 is 84.0 Å². The summed E-state index contributed by atoms with van der Waals surface area (Å²) in [6, 6.07) is 17.4. The minimum atomic E-state index is -1.03. The van der Waals surface area contributed by atoms with Gasteiger partial charge in [-0.15, -0.1) is 0 Å². The van der Waals surface area contributed by atoms with Gasteiger partial charge < -0.3 is 9.84 Å². The Morgan fingerprint density at radius 3 is 2.49 bits per heavy atom. The lowest BCUT2D eigenvalue weighted by atomic mass is 10.2. The average Bonchev–Trinajstić information content (AvgIpc) is 3.07. The van der Waals surface area contributed by atoms with Crippen LogP contribution >= 0.6 is 55.2 Å². The van der Waals surface area contributed by atoms with Crippen LogP contribution < -0.4 is 4.74 Å². The van der Waals surface area contributed by atoms with Crippen molar-refractivity contribution in [2.45, 2.75) is 6.61 Å². The number of rotatable bonds is 6. The molecule has 10 heteroatoms. The highest BCUT2D eigenvalue weighted by atomic mass is 79.9. The van der Waals surface area contributed by atoms with E-state index in [9.17, 15) is 14.7 Å². The molecule has 4 rings (SSSR count). The van der Waals surface area contributed by atoms with Crippen LogP contribution in [0.25, 0.3) is 6.08 Å². The fourth-order valence-electron chi connectivity index (χ4n) is 3.16. The Hall–Kier alpha value is -2.59. The Morgan fingerprint density at radius 2 is 1.83 bits per heavy atom. The van der Waals surface area contributed by atoms with Crippen molar-refractivity contribution < 1.29 is 19.4 Å². The van der Waals surface area contributed by atoms with Crippen LogP contribution in [0.2, 0.25) is 5.02 Å². The van der Waals surface area contributed by atoms with Crippen molar-refractivity contribution in [3.8, 4) is 5.75 Å². The van der Waals surface area contributed by atoms with Gasteiger partial charge in [0.2, 0.25) is 0 Å². The largest absolute Gasteiger partial charge is 0.487 e. The number of aromatic carboxylic acids is 1. The van der Waals surface area contributed by atoms with E-state index in [1.54, 1.807) is 25.3 Å². The second-order valence-electron chi connectivity index (χ2n) is 7.45. The van der Waals surface area contributed by atoms with Crippen LogP contribution in [0.4, 0.5) is 5.69 Å². The lowest BCUT2D eigenvalue weighted by Gasteiger charge is -2.12. The number of ether oxygens (including phenoxy) is 1. The molecule has 6 nitrogen and oxygen atoms in total. The predicted molar refractivity (Wildman–Crippen MR) is 146 cm³/mol. The Morgan fingerprint density at radius 1 is 1.14 bits per heavy atom. The number of nitrogens with zero attached hydrogens (tertiary/aromatic N) is 2. The quantitative estimate of drug-likeness (QED) is 0.286. The number of carboxylic acid groups (broad SMARTS) is 1. The topological polar surface area (TPSA) is 79.2 Å². The number of likely N-dealkylation sites (N-methyl/N-ethyl adjacent to an activating group) is 1. The number of benzene rings is 3. The fraction of sp³-hybridized carbons (Fsp3) is 0.0800. The maximum atomic E-state index is 12.8. The highest BCUT2D eigenvalue weighted by Gasteiger charge is 2.30. The molecule has 3 aromatic carbocycles. The van der Waals surface area contributed by atoms with Gasteiger partial charge in [0.05, 0.1) is 25.1 Å². The zero-order valence-electron chi connectivity index (χ0n) is 18.2. The normalized spacial score (nSPS) is 15.8. The van der Waals surface area contributed by atoms with Crippen molar-refractivity contribution in [2.24, 2.45) is 4.99 Å². The molecule has 0 unspecified atom stereocenters. The van der Waals surface area contributed by atoms with Gasteiger partial charge in [-0.05, 0) is 103 Å². The van der Waals surface area contributed by atoms with Gasteiger partial charge in [-0.25, -0.2) is 9.79 Å². The highest BCUT2D eigenvalue weighted by molar-refractivity contribution is 9.11. The number of carboxylic acids is 1. The van der Waals surface area contributed by atoms with E-state index in [1.165, 1.54) is 28.8 Å². The number of amidine groups is 1. The van der Waals surface area contributed by atoms with Crippen molar-refractivity contribution in [3.05, 3.63) is 96.2 Å². The van der Waals surface area contributed by atoms with Crippen LogP contribution in [0.15, 0.2) is 79.5 Å². The molecule has 1 saturated heterocycles.